The first-order valence-corrected chi connectivity index (χ1v) is 4.41. The van der Waals surface area contributed by atoms with Gasteiger partial charge in [0, 0.05) is 0 Å². The average molecular weight is 177 g/mol. The molecule has 3 nitrogen and oxygen atoms in total. The number of epoxide rings is 1. The summed E-state index contributed by atoms with van der Waals surface area (Å²) >= 11 is 0. The first-order chi connectivity index (χ1) is 6.29. The van der Waals surface area contributed by atoms with Gasteiger partial charge in [0.05, 0.1) is 6.61 Å². The summed E-state index contributed by atoms with van der Waals surface area (Å²) in [6.45, 7) is 2.64. The smallest absolute Gasteiger partial charge is 0.238 e. The molecule has 2 unspecified atom stereocenters. The van der Waals surface area contributed by atoms with Crippen LogP contribution >= 0.6 is 0 Å². The van der Waals surface area contributed by atoms with E-state index in [9.17, 15) is 0 Å². The minimum absolute atomic E-state index is 0.613. The molecule has 1 aliphatic heterocycles. The number of fused-ring (bicyclic) bond motifs is 1. The Balaban J connectivity index is 2.14. The van der Waals surface area contributed by atoms with E-state index in [1.54, 1.807) is 12.2 Å². The number of allylic oxidation sites excluding steroid dienone is 2. The maximum Gasteiger partial charge on any atom is 0.238 e. The van der Waals surface area contributed by atoms with E-state index in [1.807, 2.05) is 19.1 Å². The van der Waals surface area contributed by atoms with Crippen molar-refractivity contribution in [1.82, 2.24) is 0 Å². The normalized spacial score (nSPS) is 39.7. The van der Waals surface area contributed by atoms with Gasteiger partial charge < -0.3 is 9.47 Å². The van der Waals surface area contributed by atoms with Crippen molar-refractivity contribution in [2.45, 2.75) is 24.7 Å². The lowest BCUT2D eigenvalue weighted by molar-refractivity contribution is -0.00786. The molecule has 1 fully saturated rings. The molecule has 68 valence electrons. The van der Waals surface area contributed by atoms with Gasteiger partial charge in [-0.25, -0.2) is 0 Å². The third-order valence-corrected chi connectivity index (χ3v) is 2.23. The highest BCUT2D eigenvalue weighted by atomic mass is 16.8. The standard InChI is InChI=1S/C10H11NO2/c1-2-7-12-10-6-4-3-5-9(10,8-11)13-10/h3-6H,2,7H2,1H3. The van der Waals surface area contributed by atoms with E-state index in [0.29, 0.717) is 6.61 Å². The van der Waals surface area contributed by atoms with Crippen molar-refractivity contribution < 1.29 is 9.47 Å². The predicted molar refractivity (Wildman–Crippen MR) is 46.7 cm³/mol. The summed E-state index contributed by atoms with van der Waals surface area (Å²) in [5.74, 6) is -0.785. The van der Waals surface area contributed by atoms with Gasteiger partial charge in [-0.1, -0.05) is 19.1 Å². The van der Waals surface area contributed by atoms with Crippen molar-refractivity contribution >= 4 is 0 Å². The van der Waals surface area contributed by atoms with E-state index in [2.05, 4.69) is 6.07 Å². The Kier molecular flexibility index (Phi) is 1.76. The second-order valence-corrected chi connectivity index (χ2v) is 3.18. The van der Waals surface area contributed by atoms with E-state index in [-0.39, 0.29) is 0 Å². The van der Waals surface area contributed by atoms with Crippen LogP contribution in [0.2, 0.25) is 0 Å². The number of hydrogen-bond acceptors (Lipinski definition) is 3. The maximum atomic E-state index is 8.92. The first-order valence-electron chi connectivity index (χ1n) is 4.41. The van der Waals surface area contributed by atoms with Crippen molar-refractivity contribution in [3.05, 3.63) is 24.3 Å². The average Bonchev–Trinajstić information content (AvgIpc) is 2.85. The summed E-state index contributed by atoms with van der Waals surface area (Å²) in [7, 11) is 0. The minimum Gasteiger partial charge on any atom is -0.343 e. The molecule has 1 saturated heterocycles. The molecule has 0 saturated carbocycles. The molecular formula is C10H11NO2. The van der Waals surface area contributed by atoms with Gasteiger partial charge in [0.2, 0.25) is 11.4 Å². The van der Waals surface area contributed by atoms with Gasteiger partial charge in [-0.15, -0.1) is 0 Å². The van der Waals surface area contributed by atoms with Crippen LogP contribution in [0.25, 0.3) is 0 Å². The molecule has 0 aromatic carbocycles. The van der Waals surface area contributed by atoms with E-state index < -0.39 is 11.4 Å². The Labute approximate surface area is 77.3 Å². The number of rotatable bonds is 3. The van der Waals surface area contributed by atoms with Crippen LogP contribution < -0.4 is 0 Å². The number of hydrogen-bond donors (Lipinski definition) is 0. The van der Waals surface area contributed by atoms with Crippen LogP contribution in [0.3, 0.4) is 0 Å². The third kappa shape index (κ3) is 1.03. The molecule has 0 N–H and O–H groups in total. The van der Waals surface area contributed by atoms with Crippen molar-refractivity contribution in [2.75, 3.05) is 6.61 Å². The van der Waals surface area contributed by atoms with Crippen LogP contribution in [-0.4, -0.2) is 18.0 Å². The summed E-state index contributed by atoms with van der Waals surface area (Å²) in [6, 6.07) is 2.12. The van der Waals surface area contributed by atoms with Crippen LogP contribution in [0.15, 0.2) is 24.3 Å². The zero-order valence-corrected chi connectivity index (χ0v) is 7.49. The van der Waals surface area contributed by atoms with Crippen molar-refractivity contribution in [3.8, 4) is 6.07 Å². The van der Waals surface area contributed by atoms with Gasteiger partial charge in [-0.05, 0) is 18.6 Å². The fourth-order valence-corrected chi connectivity index (χ4v) is 1.47. The number of ether oxygens (including phenoxy) is 2. The van der Waals surface area contributed by atoms with Crippen molar-refractivity contribution in [3.63, 3.8) is 0 Å². The molecule has 3 heteroatoms. The molecule has 13 heavy (non-hydrogen) atoms. The third-order valence-electron chi connectivity index (χ3n) is 2.23. The molecule has 0 aromatic heterocycles. The summed E-state index contributed by atoms with van der Waals surface area (Å²) in [6.07, 6.45) is 8.11. The Morgan fingerprint density at radius 1 is 1.46 bits per heavy atom. The summed E-state index contributed by atoms with van der Waals surface area (Å²) in [5, 5.41) is 8.92. The molecule has 2 rings (SSSR count). The molecule has 0 aromatic rings. The molecule has 1 heterocycles. The van der Waals surface area contributed by atoms with E-state index >= 15 is 0 Å². The predicted octanol–water partition coefficient (Wildman–Crippen LogP) is 1.53. The van der Waals surface area contributed by atoms with Crippen molar-refractivity contribution in [2.24, 2.45) is 0 Å². The zero-order valence-electron chi connectivity index (χ0n) is 7.49. The Morgan fingerprint density at radius 3 is 2.92 bits per heavy atom. The molecule has 0 radical (unpaired) electrons. The molecule has 1 aliphatic carbocycles. The fraction of sp³-hybridized carbons (Fsp3) is 0.500. The molecule has 2 aliphatic rings. The van der Waals surface area contributed by atoms with Gasteiger partial charge in [0.15, 0.2) is 0 Å². The molecule has 0 amide bonds. The first kappa shape index (κ1) is 8.49. The van der Waals surface area contributed by atoms with Gasteiger partial charge in [-0.2, -0.15) is 5.26 Å². The highest BCUT2D eigenvalue weighted by molar-refractivity contribution is 5.43. The maximum absolute atomic E-state index is 8.92. The number of nitriles is 1. The van der Waals surface area contributed by atoms with Gasteiger partial charge >= 0.3 is 0 Å². The SMILES string of the molecule is CCCOC12C=CC=CC1(C#N)O2. The highest BCUT2D eigenvalue weighted by Crippen LogP contribution is 2.52. The van der Waals surface area contributed by atoms with Crippen LogP contribution in [0.1, 0.15) is 13.3 Å². The van der Waals surface area contributed by atoms with Gasteiger partial charge in [0.1, 0.15) is 6.07 Å². The van der Waals surface area contributed by atoms with E-state index in [0.717, 1.165) is 6.42 Å². The second-order valence-electron chi connectivity index (χ2n) is 3.18. The minimum atomic E-state index is -0.850. The quantitative estimate of drug-likeness (QED) is 0.614. The van der Waals surface area contributed by atoms with Crippen molar-refractivity contribution in [1.29, 1.82) is 5.26 Å². The summed E-state index contributed by atoms with van der Waals surface area (Å²) in [5.41, 5.74) is -0.850. The summed E-state index contributed by atoms with van der Waals surface area (Å²) < 4.78 is 10.9. The fourth-order valence-electron chi connectivity index (χ4n) is 1.47. The summed E-state index contributed by atoms with van der Waals surface area (Å²) in [4.78, 5) is 0. The molecule has 2 atom stereocenters. The van der Waals surface area contributed by atoms with Crippen LogP contribution in [0, 0.1) is 11.3 Å². The highest BCUT2D eigenvalue weighted by Gasteiger charge is 2.71. The molecular weight excluding hydrogens is 166 g/mol. The van der Waals surface area contributed by atoms with Gasteiger partial charge in [0.25, 0.3) is 0 Å². The largest absolute Gasteiger partial charge is 0.343 e. The topological polar surface area (TPSA) is 45.5 Å². The van der Waals surface area contributed by atoms with Gasteiger partial charge in [-0.3, -0.25) is 0 Å². The Hall–Kier alpha value is -1.11. The van der Waals surface area contributed by atoms with Crippen LogP contribution in [-0.2, 0) is 9.47 Å². The monoisotopic (exact) mass is 177 g/mol. The molecule has 0 bridgehead atoms. The van der Waals surface area contributed by atoms with E-state index in [1.165, 1.54) is 0 Å². The zero-order chi connectivity index (χ0) is 9.36. The Morgan fingerprint density at radius 2 is 2.23 bits per heavy atom. The van der Waals surface area contributed by atoms with Crippen LogP contribution in [0.5, 0.6) is 0 Å². The van der Waals surface area contributed by atoms with E-state index in [4.69, 9.17) is 14.7 Å². The molecule has 0 spiro atoms. The van der Waals surface area contributed by atoms with Crippen LogP contribution in [0.4, 0.5) is 0 Å². The Bertz CT molecular complexity index is 315. The number of nitrogens with zero attached hydrogens (tertiary/aromatic N) is 1. The lowest BCUT2D eigenvalue weighted by atomic mass is 9.99. The lowest BCUT2D eigenvalue weighted by Gasteiger charge is -2.11. The second kappa shape index (κ2) is 2.69. The lowest BCUT2D eigenvalue weighted by Crippen LogP contribution is -2.26.